The highest BCUT2D eigenvalue weighted by atomic mass is 35.5. The van der Waals surface area contributed by atoms with Crippen LogP contribution in [-0.4, -0.2) is 16.8 Å². The van der Waals surface area contributed by atoms with E-state index in [0.29, 0.717) is 10.5 Å². The van der Waals surface area contributed by atoms with E-state index in [1.165, 1.54) is 0 Å². The van der Waals surface area contributed by atoms with Crippen LogP contribution >= 0.6 is 11.6 Å². The highest BCUT2D eigenvalue weighted by Crippen LogP contribution is 2.18. The standard InChI is InChI=1S/C7H7BClO3/c9-6-1-2-7-5(3-6)4-12-8(7,10)11/h1-3,10-11H,4H2/q-1. The summed E-state index contributed by atoms with van der Waals surface area (Å²) in [4.78, 5) is 0. The van der Waals surface area contributed by atoms with Gasteiger partial charge in [0.15, 0.2) is 0 Å². The molecule has 0 fully saturated rings. The molecular weight excluding hydrogens is 178 g/mol. The monoisotopic (exact) mass is 185 g/mol. The highest BCUT2D eigenvalue weighted by molar-refractivity contribution is 6.74. The van der Waals surface area contributed by atoms with E-state index < -0.39 is 6.75 Å². The van der Waals surface area contributed by atoms with Crippen molar-refractivity contribution in [2.24, 2.45) is 0 Å². The number of fused-ring (bicyclic) bond motifs is 1. The van der Waals surface area contributed by atoms with Crippen molar-refractivity contribution in [2.75, 3.05) is 0 Å². The summed E-state index contributed by atoms with van der Waals surface area (Å²) in [5.74, 6) is 0. The van der Waals surface area contributed by atoms with Gasteiger partial charge in [-0.2, -0.15) is 0 Å². The van der Waals surface area contributed by atoms with Crippen LogP contribution in [0.3, 0.4) is 0 Å². The Labute approximate surface area is 74.6 Å². The first-order chi connectivity index (χ1) is 5.59. The van der Waals surface area contributed by atoms with E-state index in [0.717, 1.165) is 5.56 Å². The molecule has 0 saturated heterocycles. The fourth-order valence-corrected chi connectivity index (χ4v) is 1.56. The number of hydrogen-bond donors (Lipinski definition) is 2. The summed E-state index contributed by atoms with van der Waals surface area (Å²) in [6.45, 7) is -2.56. The molecule has 1 heterocycles. The summed E-state index contributed by atoms with van der Waals surface area (Å²) < 4.78 is 4.78. The number of halogens is 1. The minimum Gasteiger partial charge on any atom is -0.556 e. The van der Waals surface area contributed by atoms with Gasteiger partial charge in [0.2, 0.25) is 0 Å². The quantitative estimate of drug-likeness (QED) is 0.560. The molecule has 1 aliphatic rings. The second-order valence-corrected chi connectivity index (χ2v) is 3.29. The van der Waals surface area contributed by atoms with Gasteiger partial charge in [-0.3, -0.25) is 0 Å². The molecule has 0 spiro atoms. The van der Waals surface area contributed by atoms with Gasteiger partial charge in [-0.05, 0) is 12.1 Å². The topological polar surface area (TPSA) is 49.7 Å². The summed E-state index contributed by atoms with van der Waals surface area (Å²) in [6.07, 6.45) is 0. The molecule has 3 nitrogen and oxygen atoms in total. The van der Waals surface area contributed by atoms with E-state index in [1.54, 1.807) is 18.2 Å². The molecule has 1 aromatic carbocycles. The lowest BCUT2D eigenvalue weighted by molar-refractivity contribution is 0.169. The number of benzene rings is 1. The van der Waals surface area contributed by atoms with Crippen molar-refractivity contribution in [3.05, 3.63) is 28.8 Å². The Balaban J connectivity index is 2.55. The van der Waals surface area contributed by atoms with E-state index in [-0.39, 0.29) is 6.61 Å². The smallest absolute Gasteiger partial charge is 0.405 e. The predicted molar refractivity (Wildman–Crippen MR) is 46.1 cm³/mol. The molecule has 0 amide bonds. The summed E-state index contributed by atoms with van der Waals surface area (Å²) in [6, 6.07) is 4.86. The SMILES string of the molecule is O[B-]1(O)OCc2cc(Cl)ccc21. The third kappa shape index (κ3) is 1.13. The van der Waals surface area contributed by atoms with E-state index in [4.69, 9.17) is 16.3 Å². The van der Waals surface area contributed by atoms with Crippen LogP contribution in [-0.2, 0) is 11.3 Å². The summed E-state index contributed by atoms with van der Waals surface area (Å²) in [7, 11) is 0. The molecule has 0 atom stereocenters. The molecule has 0 aromatic heterocycles. The lowest BCUT2D eigenvalue weighted by Crippen LogP contribution is -2.47. The molecule has 64 valence electrons. The van der Waals surface area contributed by atoms with E-state index in [1.807, 2.05) is 0 Å². The minimum absolute atomic E-state index is 0.211. The van der Waals surface area contributed by atoms with Crippen LogP contribution in [0.5, 0.6) is 0 Å². The molecule has 2 N–H and O–H groups in total. The van der Waals surface area contributed by atoms with Crippen LogP contribution in [0.1, 0.15) is 5.56 Å². The Morgan fingerprint density at radius 1 is 1.42 bits per heavy atom. The lowest BCUT2D eigenvalue weighted by Gasteiger charge is -2.22. The van der Waals surface area contributed by atoms with Crippen LogP contribution < -0.4 is 5.46 Å². The predicted octanol–water partition coefficient (Wildman–Crippen LogP) is 0.000700. The second-order valence-electron chi connectivity index (χ2n) is 2.86. The normalized spacial score (nSPS) is 19.2. The van der Waals surface area contributed by atoms with Crippen molar-refractivity contribution in [3.8, 4) is 0 Å². The third-order valence-corrected chi connectivity index (χ3v) is 2.22. The van der Waals surface area contributed by atoms with Crippen LogP contribution in [0.25, 0.3) is 0 Å². The zero-order valence-electron chi connectivity index (χ0n) is 6.20. The summed E-state index contributed by atoms with van der Waals surface area (Å²) in [5.41, 5.74) is 1.17. The molecule has 12 heavy (non-hydrogen) atoms. The molecule has 5 heteroatoms. The maximum Gasteiger partial charge on any atom is 0.405 e. The van der Waals surface area contributed by atoms with Gasteiger partial charge < -0.3 is 14.7 Å². The Morgan fingerprint density at radius 3 is 2.92 bits per heavy atom. The first-order valence-electron chi connectivity index (χ1n) is 3.61. The average Bonchev–Trinajstić information content (AvgIpc) is 2.27. The zero-order chi connectivity index (χ0) is 8.77. The first kappa shape index (κ1) is 8.07. The fraction of sp³-hybridized carbons (Fsp3) is 0.143. The van der Waals surface area contributed by atoms with Gasteiger partial charge in [0, 0.05) is 11.6 Å². The van der Waals surface area contributed by atoms with Crippen LogP contribution in [0.15, 0.2) is 18.2 Å². The molecule has 0 radical (unpaired) electrons. The Bertz CT molecular complexity index is 326. The highest BCUT2D eigenvalue weighted by Gasteiger charge is 2.31. The summed E-state index contributed by atoms with van der Waals surface area (Å²) >= 11 is 5.70. The van der Waals surface area contributed by atoms with Gasteiger partial charge in [0.05, 0.1) is 0 Å². The van der Waals surface area contributed by atoms with Gasteiger partial charge in [0.25, 0.3) is 0 Å². The molecule has 0 unspecified atom stereocenters. The van der Waals surface area contributed by atoms with E-state index in [9.17, 15) is 10.0 Å². The van der Waals surface area contributed by atoms with E-state index >= 15 is 0 Å². The maximum atomic E-state index is 9.29. The van der Waals surface area contributed by atoms with Gasteiger partial charge in [-0.1, -0.05) is 23.2 Å². The van der Waals surface area contributed by atoms with Crippen molar-refractivity contribution < 1.29 is 14.7 Å². The Morgan fingerprint density at radius 2 is 2.17 bits per heavy atom. The van der Waals surface area contributed by atoms with Crippen molar-refractivity contribution in [3.63, 3.8) is 0 Å². The van der Waals surface area contributed by atoms with Crippen molar-refractivity contribution in [2.45, 2.75) is 6.61 Å². The van der Waals surface area contributed by atoms with Crippen molar-refractivity contribution in [1.82, 2.24) is 0 Å². The van der Waals surface area contributed by atoms with Crippen molar-refractivity contribution >= 4 is 23.8 Å². The summed E-state index contributed by atoms with van der Waals surface area (Å²) in [5, 5.41) is 19.2. The molecule has 0 saturated carbocycles. The molecule has 2 rings (SSSR count). The van der Waals surface area contributed by atoms with Crippen LogP contribution in [0.4, 0.5) is 0 Å². The fourth-order valence-electron chi connectivity index (χ4n) is 1.36. The molecule has 1 aliphatic heterocycles. The molecule has 1 aromatic rings. The van der Waals surface area contributed by atoms with Gasteiger partial charge in [-0.25, -0.2) is 0 Å². The molecule has 0 aliphatic carbocycles. The zero-order valence-corrected chi connectivity index (χ0v) is 6.95. The lowest BCUT2D eigenvalue weighted by atomic mass is 9.71. The minimum atomic E-state index is -2.77. The maximum absolute atomic E-state index is 9.29. The van der Waals surface area contributed by atoms with Gasteiger partial charge >= 0.3 is 6.75 Å². The largest absolute Gasteiger partial charge is 0.556 e. The number of hydrogen-bond acceptors (Lipinski definition) is 3. The van der Waals surface area contributed by atoms with E-state index in [2.05, 4.69) is 0 Å². The molecule has 0 bridgehead atoms. The van der Waals surface area contributed by atoms with Crippen LogP contribution in [0, 0.1) is 0 Å². The average molecular weight is 185 g/mol. The molecular formula is C7H7BClO3-. The van der Waals surface area contributed by atoms with Gasteiger partial charge in [-0.15, -0.1) is 5.46 Å². The Hall–Kier alpha value is -0.545. The third-order valence-electron chi connectivity index (χ3n) is 1.98. The number of rotatable bonds is 0. The van der Waals surface area contributed by atoms with Crippen LogP contribution in [0.2, 0.25) is 5.02 Å². The van der Waals surface area contributed by atoms with Crippen molar-refractivity contribution in [1.29, 1.82) is 0 Å². The second kappa shape index (κ2) is 2.47. The Kier molecular flexibility index (Phi) is 1.66. The van der Waals surface area contributed by atoms with Gasteiger partial charge in [0.1, 0.15) is 0 Å². The first-order valence-corrected chi connectivity index (χ1v) is 3.99.